The van der Waals surface area contributed by atoms with Crippen molar-refractivity contribution in [3.63, 3.8) is 0 Å². The highest BCUT2D eigenvalue weighted by Gasteiger charge is 2.05. The second-order valence-corrected chi connectivity index (χ2v) is 6.49. The van der Waals surface area contributed by atoms with Crippen LogP contribution >= 0.6 is 39.3 Å². The van der Waals surface area contributed by atoms with E-state index in [0.29, 0.717) is 17.2 Å². The molecule has 0 saturated heterocycles. The minimum Gasteiger partial charge on any atom is -0.298 e. The van der Waals surface area contributed by atoms with Crippen molar-refractivity contribution >= 4 is 45.1 Å². The third-order valence-corrected chi connectivity index (χ3v) is 4.34. The van der Waals surface area contributed by atoms with Gasteiger partial charge in [0.1, 0.15) is 5.78 Å². The van der Waals surface area contributed by atoms with Gasteiger partial charge < -0.3 is 0 Å². The molecule has 0 unspecified atom stereocenters. The van der Waals surface area contributed by atoms with Crippen molar-refractivity contribution in [3.8, 4) is 0 Å². The molecule has 0 fully saturated rings. The lowest BCUT2D eigenvalue weighted by atomic mass is 10.1. The molecule has 2 aromatic carbocycles. The highest BCUT2D eigenvalue weighted by Crippen LogP contribution is 2.21. The Labute approximate surface area is 130 Å². The van der Waals surface area contributed by atoms with Crippen molar-refractivity contribution in [3.05, 3.63) is 63.6 Å². The van der Waals surface area contributed by atoms with E-state index in [1.807, 2.05) is 48.5 Å². The molecular formula is C15H12BrClOS. The molecule has 0 amide bonds. The number of carbonyl (C=O) groups is 1. The third-order valence-electron chi connectivity index (χ3n) is 2.50. The molecule has 1 nitrogen and oxygen atoms in total. The minimum absolute atomic E-state index is 0.204. The molecule has 2 rings (SSSR count). The largest absolute Gasteiger partial charge is 0.298 e. The highest BCUT2D eigenvalue weighted by molar-refractivity contribution is 9.10. The number of rotatable bonds is 5. The Morgan fingerprint density at radius 1 is 1.16 bits per heavy atom. The summed E-state index contributed by atoms with van der Waals surface area (Å²) >= 11 is 10.8. The molecular weight excluding hydrogens is 344 g/mol. The van der Waals surface area contributed by atoms with Gasteiger partial charge in [0.25, 0.3) is 0 Å². The van der Waals surface area contributed by atoms with Crippen molar-refractivity contribution in [1.82, 2.24) is 0 Å². The predicted molar refractivity (Wildman–Crippen MR) is 85.0 cm³/mol. The summed E-state index contributed by atoms with van der Waals surface area (Å²) in [5.41, 5.74) is 0.967. The van der Waals surface area contributed by atoms with E-state index in [0.717, 1.165) is 14.9 Å². The summed E-state index contributed by atoms with van der Waals surface area (Å²) in [6.45, 7) is 0. The van der Waals surface area contributed by atoms with Crippen LogP contribution in [0.15, 0.2) is 57.9 Å². The average molecular weight is 356 g/mol. The van der Waals surface area contributed by atoms with Gasteiger partial charge in [-0.2, -0.15) is 0 Å². The van der Waals surface area contributed by atoms with E-state index in [1.54, 1.807) is 11.8 Å². The van der Waals surface area contributed by atoms with Crippen LogP contribution < -0.4 is 0 Å². The van der Waals surface area contributed by atoms with E-state index < -0.39 is 0 Å². The van der Waals surface area contributed by atoms with Crippen LogP contribution in [0.1, 0.15) is 5.56 Å². The van der Waals surface area contributed by atoms with E-state index >= 15 is 0 Å². The predicted octanol–water partition coefficient (Wildman–Crippen LogP) is 5.01. The van der Waals surface area contributed by atoms with Gasteiger partial charge in [0, 0.05) is 20.8 Å². The number of thioether (sulfide) groups is 1. The van der Waals surface area contributed by atoms with Crippen molar-refractivity contribution in [2.24, 2.45) is 0 Å². The van der Waals surface area contributed by atoms with Gasteiger partial charge in [-0.15, -0.1) is 11.8 Å². The van der Waals surface area contributed by atoms with E-state index in [1.165, 1.54) is 0 Å². The van der Waals surface area contributed by atoms with Crippen molar-refractivity contribution in [2.75, 3.05) is 5.75 Å². The van der Waals surface area contributed by atoms with Crippen molar-refractivity contribution < 1.29 is 4.79 Å². The van der Waals surface area contributed by atoms with E-state index in [9.17, 15) is 4.79 Å². The molecule has 98 valence electrons. The van der Waals surface area contributed by atoms with Crippen molar-refractivity contribution in [1.29, 1.82) is 0 Å². The van der Waals surface area contributed by atoms with Crippen LogP contribution in [0.5, 0.6) is 0 Å². The van der Waals surface area contributed by atoms with E-state index in [-0.39, 0.29) is 5.78 Å². The van der Waals surface area contributed by atoms with Crippen LogP contribution in [0, 0.1) is 0 Å². The number of halogens is 2. The lowest BCUT2D eigenvalue weighted by Gasteiger charge is -2.03. The standard InChI is InChI=1S/C15H12BrClOS/c16-12-4-6-15(7-5-12)19-10-14(18)9-11-2-1-3-13(17)8-11/h1-8H,9-10H2. The summed E-state index contributed by atoms with van der Waals surface area (Å²) in [6.07, 6.45) is 0.435. The lowest BCUT2D eigenvalue weighted by Crippen LogP contribution is -2.05. The van der Waals surface area contributed by atoms with Crippen LogP contribution in [0.3, 0.4) is 0 Å². The maximum Gasteiger partial charge on any atom is 0.147 e. The molecule has 0 bridgehead atoms. The van der Waals surface area contributed by atoms with Gasteiger partial charge in [-0.25, -0.2) is 0 Å². The van der Waals surface area contributed by atoms with E-state index in [2.05, 4.69) is 15.9 Å². The summed E-state index contributed by atoms with van der Waals surface area (Å²) in [6, 6.07) is 15.4. The number of hydrogen-bond acceptors (Lipinski definition) is 2. The van der Waals surface area contributed by atoms with Crippen LogP contribution in [0.25, 0.3) is 0 Å². The molecule has 0 aliphatic rings. The monoisotopic (exact) mass is 354 g/mol. The first kappa shape index (κ1) is 14.6. The van der Waals surface area contributed by atoms with Gasteiger partial charge in [0.2, 0.25) is 0 Å². The Morgan fingerprint density at radius 3 is 2.58 bits per heavy atom. The zero-order valence-electron chi connectivity index (χ0n) is 10.1. The van der Waals surface area contributed by atoms with Gasteiger partial charge in [-0.05, 0) is 42.0 Å². The molecule has 0 spiro atoms. The zero-order chi connectivity index (χ0) is 13.7. The number of ketones is 1. The molecule has 4 heteroatoms. The van der Waals surface area contributed by atoms with Crippen LogP contribution in [-0.2, 0) is 11.2 Å². The second-order valence-electron chi connectivity index (χ2n) is 4.09. The van der Waals surface area contributed by atoms with Gasteiger partial charge in [-0.3, -0.25) is 4.79 Å². The Hall–Kier alpha value is -0.770. The molecule has 2 aromatic rings. The Bertz CT molecular complexity index is 569. The third kappa shape index (κ3) is 5.01. The summed E-state index contributed by atoms with van der Waals surface area (Å²) in [5.74, 6) is 0.684. The van der Waals surface area contributed by atoms with Crippen LogP contribution in [-0.4, -0.2) is 11.5 Å². The van der Waals surface area contributed by atoms with Gasteiger partial charge in [0.15, 0.2) is 0 Å². The molecule has 0 atom stereocenters. The summed E-state index contributed by atoms with van der Waals surface area (Å²) < 4.78 is 1.04. The maximum absolute atomic E-state index is 11.9. The first-order valence-electron chi connectivity index (χ1n) is 5.78. The molecule has 19 heavy (non-hydrogen) atoms. The smallest absolute Gasteiger partial charge is 0.147 e. The Kier molecular flexibility index (Phi) is 5.49. The second kappa shape index (κ2) is 7.13. The Balaban J connectivity index is 1.86. The molecule has 0 aliphatic carbocycles. The molecule has 0 saturated carbocycles. The fourth-order valence-corrected chi connectivity index (χ4v) is 2.86. The van der Waals surface area contributed by atoms with Crippen LogP contribution in [0.4, 0.5) is 0 Å². The van der Waals surface area contributed by atoms with Gasteiger partial charge in [-0.1, -0.05) is 39.7 Å². The minimum atomic E-state index is 0.204. The molecule has 0 heterocycles. The van der Waals surface area contributed by atoms with Crippen molar-refractivity contribution in [2.45, 2.75) is 11.3 Å². The average Bonchev–Trinajstić information content (AvgIpc) is 2.38. The lowest BCUT2D eigenvalue weighted by molar-refractivity contribution is -0.116. The van der Waals surface area contributed by atoms with Crippen LogP contribution in [0.2, 0.25) is 5.02 Å². The fraction of sp³-hybridized carbons (Fsp3) is 0.133. The summed E-state index contributed by atoms with van der Waals surface area (Å²) in [5, 5.41) is 0.672. The quantitative estimate of drug-likeness (QED) is 0.702. The first-order chi connectivity index (χ1) is 9.13. The number of benzene rings is 2. The Morgan fingerprint density at radius 2 is 1.89 bits per heavy atom. The first-order valence-corrected chi connectivity index (χ1v) is 7.93. The molecule has 0 aromatic heterocycles. The zero-order valence-corrected chi connectivity index (χ0v) is 13.3. The number of Topliss-reactive ketones (excluding diaryl/α,β-unsaturated/α-hetero) is 1. The summed E-state index contributed by atoms with van der Waals surface area (Å²) in [7, 11) is 0. The highest BCUT2D eigenvalue weighted by atomic mass is 79.9. The summed E-state index contributed by atoms with van der Waals surface area (Å²) in [4.78, 5) is 13.0. The van der Waals surface area contributed by atoms with Gasteiger partial charge in [0.05, 0.1) is 5.75 Å². The molecule has 0 N–H and O–H groups in total. The maximum atomic E-state index is 11.9. The SMILES string of the molecule is O=C(CSc1ccc(Br)cc1)Cc1cccc(Cl)c1. The number of carbonyl (C=O) groups excluding carboxylic acids is 1. The fourth-order valence-electron chi connectivity index (χ4n) is 1.62. The molecule has 0 radical (unpaired) electrons. The topological polar surface area (TPSA) is 17.1 Å². The number of hydrogen-bond donors (Lipinski definition) is 0. The molecule has 0 aliphatic heterocycles. The van der Waals surface area contributed by atoms with Gasteiger partial charge >= 0.3 is 0 Å². The normalized spacial score (nSPS) is 10.4. The van der Waals surface area contributed by atoms with E-state index in [4.69, 9.17) is 11.6 Å².